The summed E-state index contributed by atoms with van der Waals surface area (Å²) >= 11 is 6.17. The van der Waals surface area contributed by atoms with E-state index < -0.39 is 0 Å². The van der Waals surface area contributed by atoms with Crippen molar-refractivity contribution in [1.82, 2.24) is 9.80 Å². The van der Waals surface area contributed by atoms with E-state index in [0.29, 0.717) is 61.1 Å². The molecule has 0 atom stereocenters. The number of methoxy groups -OCH3 is 2. The molecule has 1 aliphatic rings. The molecule has 6 nitrogen and oxygen atoms in total. The standard InChI is InChI=1S/C23H27ClN2O4/c1-29-20-7-4-3-6-18(20)23(28)26-13-5-12-25(14-15-26)22(27)11-9-17-8-10-21(30-2)19(24)16-17/h3-4,6-8,10,16H,5,9,11-15H2,1-2H3. The third kappa shape index (κ3) is 5.25. The predicted octanol–water partition coefficient (Wildman–Crippen LogP) is 3.66. The molecule has 0 spiro atoms. The van der Waals surface area contributed by atoms with Crippen LogP contribution >= 0.6 is 11.6 Å². The molecule has 30 heavy (non-hydrogen) atoms. The number of nitrogens with zero attached hydrogens (tertiary/aromatic N) is 2. The van der Waals surface area contributed by atoms with E-state index in [9.17, 15) is 9.59 Å². The normalized spacial score (nSPS) is 14.2. The van der Waals surface area contributed by atoms with Crippen LogP contribution in [0.5, 0.6) is 11.5 Å². The Morgan fingerprint density at radius 1 is 0.933 bits per heavy atom. The third-order valence-electron chi connectivity index (χ3n) is 5.32. The van der Waals surface area contributed by atoms with Gasteiger partial charge in [0.2, 0.25) is 5.91 Å². The molecule has 3 rings (SSSR count). The van der Waals surface area contributed by atoms with Crippen molar-refractivity contribution < 1.29 is 19.1 Å². The highest BCUT2D eigenvalue weighted by Gasteiger charge is 2.24. The fourth-order valence-corrected chi connectivity index (χ4v) is 3.92. The van der Waals surface area contributed by atoms with Gasteiger partial charge >= 0.3 is 0 Å². The highest BCUT2D eigenvalue weighted by Crippen LogP contribution is 2.25. The van der Waals surface area contributed by atoms with Gasteiger partial charge in [-0.1, -0.05) is 29.8 Å². The summed E-state index contributed by atoms with van der Waals surface area (Å²) in [5.74, 6) is 1.22. The molecule has 0 unspecified atom stereocenters. The van der Waals surface area contributed by atoms with Crippen LogP contribution < -0.4 is 9.47 Å². The van der Waals surface area contributed by atoms with E-state index in [0.717, 1.165) is 12.0 Å². The van der Waals surface area contributed by atoms with E-state index in [1.807, 2.05) is 35.2 Å². The van der Waals surface area contributed by atoms with Gasteiger partial charge in [0.05, 0.1) is 24.8 Å². The maximum atomic E-state index is 12.9. The lowest BCUT2D eigenvalue weighted by Crippen LogP contribution is -2.37. The largest absolute Gasteiger partial charge is 0.496 e. The Hall–Kier alpha value is -2.73. The fourth-order valence-electron chi connectivity index (χ4n) is 3.64. The van der Waals surface area contributed by atoms with Crippen molar-refractivity contribution in [3.8, 4) is 11.5 Å². The highest BCUT2D eigenvalue weighted by atomic mass is 35.5. The van der Waals surface area contributed by atoms with Crippen LogP contribution in [0.2, 0.25) is 5.02 Å². The molecule has 0 radical (unpaired) electrons. The lowest BCUT2D eigenvalue weighted by atomic mass is 10.1. The van der Waals surface area contributed by atoms with Crippen molar-refractivity contribution >= 4 is 23.4 Å². The van der Waals surface area contributed by atoms with Gasteiger partial charge in [-0.3, -0.25) is 9.59 Å². The second kappa shape index (κ2) is 10.3. The Labute approximate surface area is 182 Å². The molecule has 2 aromatic rings. The molecule has 7 heteroatoms. The molecule has 1 heterocycles. The van der Waals surface area contributed by atoms with Gasteiger partial charge in [-0.15, -0.1) is 0 Å². The van der Waals surface area contributed by atoms with E-state index >= 15 is 0 Å². The molecule has 1 fully saturated rings. The number of benzene rings is 2. The van der Waals surface area contributed by atoms with Crippen LogP contribution in [-0.4, -0.2) is 62.0 Å². The molecule has 2 aromatic carbocycles. The van der Waals surface area contributed by atoms with Crippen molar-refractivity contribution in [2.45, 2.75) is 19.3 Å². The quantitative estimate of drug-likeness (QED) is 0.701. The summed E-state index contributed by atoms with van der Waals surface area (Å²) in [4.78, 5) is 29.3. The number of rotatable bonds is 6. The zero-order chi connectivity index (χ0) is 21.5. The van der Waals surface area contributed by atoms with Gasteiger partial charge in [0, 0.05) is 32.6 Å². The monoisotopic (exact) mass is 430 g/mol. The molecule has 2 amide bonds. The van der Waals surface area contributed by atoms with Gasteiger partial charge in [-0.25, -0.2) is 0 Å². The number of carbonyl (C=O) groups excluding carboxylic acids is 2. The van der Waals surface area contributed by atoms with Crippen molar-refractivity contribution in [1.29, 1.82) is 0 Å². The topological polar surface area (TPSA) is 59.1 Å². The van der Waals surface area contributed by atoms with E-state index in [1.54, 1.807) is 31.3 Å². The molecule has 1 aliphatic heterocycles. The van der Waals surface area contributed by atoms with Gasteiger partial charge in [0.15, 0.2) is 0 Å². The number of ether oxygens (including phenoxy) is 2. The van der Waals surface area contributed by atoms with Gasteiger partial charge in [0.1, 0.15) is 11.5 Å². The van der Waals surface area contributed by atoms with Crippen molar-refractivity contribution in [3.63, 3.8) is 0 Å². The summed E-state index contributed by atoms with van der Waals surface area (Å²) in [6, 6.07) is 12.8. The number of halogens is 1. The summed E-state index contributed by atoms with van der Waals surface area (Å²) in [5, 5.41) is 0.544. The molecule has 0 saturated carbocycles. The first-order valence-corrected chi connectivity index (χ1v) is 10.4. The SMILES string of the molecule is COc1ccc(CCC(=O)N2CCCN(C(=O)c3ccccc3OC)CC2)cc1Cl. The van der Waals surface area contributed by atoms with Crippen molar-refractivity contribution in [2.75, 3.05) is 40.4 Å². The molecule has 160 valence electrons. The molecule has 0 aliphatic carbocycles. The van der Waals surface area contributed by atoms with Gasteiger partial charge in [-0.2, -0.15) is 0 Å². The van der Waals surface area contributed by atoms with Crippen LogP contribution in [0.4, 0.5) is 0 Å². The Morgan fingerprint density at radius 3 is 2.37 bits per heavy atom. The Kier molecular flexibility index (Phi) is 7.57. The molecular formula is C23H27ClN2O4. The van der Waals surface area contributed by atoms with Crippen LogP contribution in [0.25, 0.3) is 0 Å². The number of hydrogen-bond donors (Lipinski definition) is 0. The minimum atomic E-state index is -0.0605. The van der Waals surface area contributed by atoms with Crippen molar-refractivity contribution in [2.24, 2.45) is 0 Å². The first-order valence-electron chi connectivity index (χ1n) is 10.1. The van der Waals surface area contributed by atoms with E-state index in [2.05, 4.69) is 0 Å². The second-order valence-electron chi connectivity index (χ2n) is 7.20. The summed E-state index contributed by atoms with van der Waals surface area (Å²) in [7, 11) is 3.14. The highest BCUT2D eigenvalue weighted by molar-refractivity contribution is 6.32. The van der Waals surface area contributed by atoms with Crippen LogP contribution in [0.15, 0.2) is 42.5 Å². The molecule has 0 aromatic heterocycles. The Bertz CT molecular complexity index is 903. The average Bonchev–Trinajstić information content (AvgIpc) is 3.03. The summed E-state index contributed by atoms with van der Waals surface area (Å²) in [6.45, 7) is 2.31. The third-order valence-corrected chi connectivity index (χ3v) is 5.61. The van der Waals surface area contributed by atoms with Crippen LogP contribution in [0.3, 0.4) is 0 Å². The van der Waals surface area contributed by atoms with Crippen LogP contribution in [-0.2, 0) is 11.2 Å². The lowest BCUT2D eigenvalue weighted by molar-refractivity contribution is -0.131. The zero-order valence-corrected chi connectivity index (χ0v) is 18.2. The number of aryl methyl sites for hydroxylation is 1. The maximum absolute atomic E-state index is 12.9. The molecule has 0 N–H and O–H groups in total. The van der Waals surface area contributed by atoms with E-state index in [1.165, 1.54) is 0 Å². The molecular weight excluding hydrogens is 404 g/mol. The molecule has 0 bridgehead atoms. The summed E-state index contributed by atoms with van der Waals surface area (Å²) in [6.07, 6.45) is 1.77. The fraction of sp³-hybridized carbons (Fsp3) is 0.391. The van der Waals surface area contributed by atoms with Gasteiger partial charge < -0.3 is 19.3 Å². The Balaban J connectivity index is 1.56. The smallest absolute Gasteiger partial charge is 0.257 e. The minimum absolute atomic E-state index is 0.0605. The Morgan fingerprint density at radius 2 is 1.63 bits per heavy atom. The van der Waals surface area contributed by atoms with E-state index in [-0.39, 0.29) is 11.8 Å². The minimum Gasteiger partial charge on any atom is -0.496 e. The van der Waals surface area contributed by atoms with Gasteiger partial charge in [-0.05, 0) is 42.7 Å². The van der Waals surface area contributed by atoms with E-state index in [4.69, 9.17) is 21.1 Å². The zero-order valence-electron chi connectivity index (χ0n) is 17.4. The van der Waals surface area contributed by atoms with Gasteiger partial charge in [0.25, 0.3) is 5.91 Å². The number of carbonyl (C=O) groups is 2. The number of para-hydroxylation sites is 1. The predicted molar refractivity (Wildman–Crippen MR) is 116 cm³/mol. The summed E-state index contributed by atoms with van der Waals surface area (Å²) < 4.78 is 10.5. The number of amides is 2. The van der Waals surface area contributed by atoms with Crippen molar-refractivity contribution in [3.05, 3.63) is 58.6 Å². The first-order chi connectivity index (χ1) is 14.5. The van der Waals surface area contributed by atoms with Crippen LogP contribution in [0, 0.1) is 0 Å². The maximum Gasteiger partial charge on any atom is 0.257 e. The first kappa shape index (κ1) is 22.0. The number of hydrogen-bond acceptors (Lipinski definition) is 4. The van der Waals surface area contributed by atoms with Crippen LogP contribution in [0.1, 0.15) is 28.8 Å². The molecule has 1 saturated heterocycles. The summed E-state index contributed by atoms with van der Waals surface area (Å²) in [5.41, 5.74) is 1.55. The average molecular weight is 431 g/mol. The lowest BCUT2D eigenvalue weighted by Gasteiger charge is -2.23. The second-order valence-corrected chi connectivity index (χ2v) is 7.60.